The first-order chi connectivity index (χ1) is 27.5. The highest BCUT2D eigenvalue weighted by Crippen LogP contribution is 2.60. The van der Waals surface area contributed by atoms with E-state index in [0.29, 0.717) is 0 Å². The van der Waals surface area contributed by atoms with Crippen molar-refractivity contribution in [3.8, 4) is 0 Å². The van der Waals surface area contributed by atoms with Crippen LogP contribution in [-0.2, 0) is 24.7 Å². The molecule has 0 saturated heterocycles. The Hall–Kier alpha value is -6.16. The maximum atomic E-state index is 14.4. The van der Waals surface area contributed by atoms with Crippen LogP contribution >= 0.6 is 0 Å². The summed E-state index contributed by atoms with van der Waals surface area (Å²) < 4.78 is 172. The Balaban J connectivity index is 2.14. The van der Waals surface area contributed by atoms with E-state index in [2.05, 4.69) is 0 Å². The number of aliphatic hydroxyl groups is 2. The van der Waals surface area contributed by atoms with Gasteiger partial charge in [0.15, 0.2) is 0 Å². The van der Waals surface area contributed by atoms with E-state index >= 15 is 0 Å². The molecule has 5 rings (SSSR count). The highest BCUT2D eigenvalue weighted by atomic mass is 19.4. The minimum Gasteiger partial charge on any atom is -0.478 e. The molecule has 0 unspecified atom stereocenters. The molecule has 0 aromatic heterocycles. The molecular weight excluding hydrogens is 844 g/mol. The fraction of sp³-hybridized carbons (Fsp3) is 0.263. The molecule has 0 radical (unpaired) electrons. The monoisotopic (exact) mass is 868 g/mol. The van der Waals surface area contributed by atoms with Gasteiger partial charge in [-0.25, -0.2) is 19.2 Å². The second-order valence-electron chi connectivity index (χ2n) is 13.5. The van der Waals surface area contributed by atoms with Crippen molar-refractivity contribution in [2.75, 3.05) is 0 Å². The minimum atomic E-state index is -5.47. The van der Waals surface area contributed by atoms with E-state index in [0.717, 1.165) is 0 Å². The fourth-order valence-corrected chi connectivity index (χ4v) is 7.66. The largest absolute Gasteiger partial charge is 0.478 e. The number of carbonyl (C=O) groups is 4. The lowest BCUT2D eigenvalue weighted by atomic mass is 9.55. The number of hydrogen-bond acceptors (Lipinski definition) is 6. The first-order valence-electron chi connectivity index (χ1n) is 16.6. The van der Waals surface area contributed by atoms with Gasteiger partial charge in [-0.3, -0.25) is 0 Å². The van der Waals surface area contributed by atoms with Crippen molar-refractivity contribution >= 4 is 23.9 Å². The number of carboxylic acid groups (broad SMARTS) is 4. The van der Waals surface area contributed by atoms with E-state index in [1.165, 1.54) is 0 Å². The van der Waals surface area contributed by atoms with Crippen molar-refractivity contribution in [1.29, 1.82) is 0 Å². The quantitative estimate of drug-likeness (QED) is 0.0935. The number of carboxylic acids is 4. The molecule has 6 N–H and O–H groups in total. The van der Waals surface area contributed by atoms with Gasteiger partial charge in [-0.05, 0) is 95.1 Å². The number of hydrogen-bond donors (Lipinski definition) is 6. The third-order valence-corrected chi connectivity index (χ3v) is 10.1. The van der Waals surface area contributed by atoms with Crippen LogP contribution < -0.4 is 0 Å². The maximum absolute atomic E-state index is 14.4. The van der Waals surface area contributed by atoms with E-state index in [1.54, 1.807) is 0 Å². The van der Waals surface area contributed by atoms with E-state index in [4.69, 9.17) is 0 Å². The van der Waals surface area contributed by atoms with Crippen molar-refractivity contribution in [2.24, 2.45) is 0 Å². The lowest BCUT2D eigenvalue weighted by molar-refractivity contribution is -0.138. The Labute approximate surface area is 326 Å². The summed E-state index contributed by atoms with van der Waals surface area (Å²) in [4.78, 5) is 50.6. The molecule has 0 spiro atoms. The summed E-state index contributed by atoms with van der Waals surface area (Å²) in [7, 11) is 0. The first kappa shape index (κ1) is 44.9. The Bertz CT molecular complexity index is 2220. The predicted octanol–water partition coefficient (Wildman–Crippen LogP) is 8.73. The molecule has 0 bridgehead atoms. The van der Waals surface area contributed by atoms with Crippen LogP contribution in [0.5, 0.6) is 0 Å². The molecule has 1 saturated carbocycles. The van der Waals surface area contributed by atoms with Crippen LogP contribution in [-0.4, -0.2) is 66.7 Å². The number of alkyl halides is 12. The molecule has 4 aromatic carbocycles. The number of rotatable bonds is 8. The van der Waals surface area contributed by atoms with Crippen molar-refractivity contribution in [1.82, 2.24) is 0 Å². The number of benzene rings is 4. The van der Waals surface area contributed by atoms with Crippen molar-refractivity contribution in [2.45, 2.75) is 60.6 Å². The summed E-state index contributed by atoms with van der Waals surface area (Å²) in [5.41, 5.74) is -17.4. The van der Waals surface area contributed by atoms with Crippen LogP contribution in [0.4, 0.5) is 52.7 Å². The van der Waals surface area contributed by atoms with E-state index in [9.17, 15) is 103 Å². The highest BCUT2D eigenvalue weighted by Gasteiger charge is 2.56. The van der Waals surface area contributed by atoms with Gasteiger partial charge in [-0.1, -0.05) is 0 Å². The average Bonchev–Trinajstić information content (AvgIpc) is 3.13. The van der Waals surface area contributed by atoms with Crippen LogP contribution in [0, 0.1) is 0 Å². The summed E-state index contributed by atoms with van der Waals surface area (Å²) in [5, 5.41) is 64.6. The van der Waals surface area contributed by atoms with Crippen LogP contribution in [0.15, 0.2) is 72.8 Å². The second-order valence-corrected chi connectivity index (χ2v) is 13.5. The molecule has 1 aliphatic carbocycles. The molecule has 0 aliphatic heterocycles. The SMILES string of the molecule is O=C(O)c1ccc(C(F)(F)F)cc1[C@@H]1[C@H](c2cc(C(F)(F)F)ccc2C(=O)O)[C@H](c2cc(C(F)(F)F)ccc2C(=O)O)[C@H](O)[C@H](O)[C@@H]1c1cc(C(F)(F)F)ccc1C(=O)O. The minimum absolute atomic E-state index is 0.000304. The van der Waals surface area contributed by atoms with E-state index in [1.807, 2.05) is 0 Å². The zero-order valence-corrected chi connectivity index (χ0v) is 29.2. The van der Waals surface area contributed by atoms with Crippen LogP contribution in [0.3, 0.4) is 0 Å². The van der Waals surface area contributed by atoms with Crippen LogP contribution in [0.2, 0.25) is 0 Å². The zero-order valence-electron chi connectivity index (χ0n) is 29.2. The molecule has 1 aliphatic rings. The molecule has 4 aromatic rings. The summed E-state index contributed by atoms with van der Waals surface area (Å²) in [6.07, 6.45) is -27.7. The normalized spacial score (nSPS) is 21.4. The summed E-state index contributed by atoms with van der Waals surface area (Å²) in [5.74, 6) is -19.7. The molecule has 0 amide bonds. The van der Waals surface area contributed by atoms with Gasteiger partial charge >= 0.3 is 48.6 Å². The van der Waals surface area contributed by atoms with Gasteiger partial charge in [0, 0.05) is 23.7 Å². The van der Waals surface area contributed by atoms with E-state index < -0.39 is 151 Å². The van der Waals surface area contributed by atoms with E-state index in [-0.39, 0.29) is 72.8 Å². The Morgan fingerprint density at radius 1 is 0.350 bits per heavy atom. The molecule has 6 atom stereocenters. The fourth-order valence-electron chi connectivity index (χ4n) is 7.66. The molecule has 1 fully saturated rings. The Kier molecular flexibility index (Phi) is 11.6. The molecular formula is C38H24F12O10. The van der Waals surface area contributed by atoms with Gasteiger partial charge in [0.2, 0.25) is 0 Å². The number of aliphatic hydroxyl groups excluding tert-OH is 2. The van der Waals surface area contributed by atoms with Crippen LogP contribution in [0.1, 0.15) is 110 Å². The predicted molar refractivity (Wildman–Crippen MR) is 177 cm³/mol. The van der Waals surface area contributed by atoms with Crippen LogP contribution in [0.25, 0.3) is 0 Å². The second kappa shape index (κ2) is 15.5. The average molecular weight is 869 g/mol. The smallest absolute Gasteiger partial charge is 0.416 e. The van der Waals surface area contributed by atoms with Crippen molar-refractivity contribution < 1.29 is 103 Å². The maximum Gasteiger partial charge on any atom is 0.416 e. The molecule has 0 heterocycles. The van der Waals surface area contributed by atoms with Gasteiger partial charge in [0.05, 0.1) is 56.7 Å². The molecule has 10 nitrogen and oxygen atoms in total. The summed E-state index contributed by atoms with van der Waals surface area (Å²) in [6, 6.07) is 1.62. The Morgan fingerprint density at radius 2 is 0.533 bits per heavy atom. The van der Waals surface area contributed by atoms with Gasteiger partial charge in [0.25, 0.3) is 0 Å². The molecule has 320 valence electrons. The third-order valence-electron chi connectivity index (χ3n) is 10.1. The van der Waals surface area contributed by atoms with Gasteiger partial charge in [-0.2, -0.15) is 52.7 Å². The summed E-state index contributed by atoms with van der Waals surface area (Å²) in [6.45, 7) is 0. The highest BCUT2D eigenvalue weighted by molar-refractivity contribution is 5.93. The molecule has 60 heavy (non-hydrogen) atoms. The third kappa shape index (κ3) is 8.46. The zero-order chi connectivity index (χ0) is 45.2. The topological polar surface area (TPSA) is 190 Å². The van der Waals surface area contributed by atoms with Crippen molar-refractivity contribution in [3.63, 3.8) is 0 Å². The lowest BCUT2D eigenvalue weighted by Gasteiger charge is -2.50. The first-order valence-corrected chi connectivity index (χ1v) is 16.6. The molecule has 22 heteroatoms. The number of aromatic carboxylic acids is 4. The number of halogens is 12. The van der Waals surface area contributed by atoms with Crippen molar-refractivity contribution in [3.05, 3.63) is 140 Å². The van der Waals surface area contributed by atoms with Gasteiger partial charge in [-0.15, -0.1) is 0 Å². The Morgan fingerprint density at radius 3 is 0.700 bits per heavy atom. The van der Waals surface area contributed by atoms with Gasteiger partial charge in [0.1, 0.15) is 0 Å². The lowest BCUT2D eigenvalue weighted by Crippen LogP contribution is -2.50. The standard InChI is InChI=1S/C38H24F12O10/c39-35(40,41)13-1-5-17(31(53)54)21(9-13)25-26(22-10-14(36(42,43)44)2-6-18(22)32(55)56)28(24-12-16(38(48,49)50)4-8-20(24)34(59)60)30(52)29(51)27(25)23-11-15(37(45,46)47)3-7-19(23)33(57)58/h1-12,25-30,51-52H,(H,53,54)(H,55,56)(H,57,58)(H,59,60)/t25-,26+,27-,28+,29-,30+. The summed E-state index contributed by atoms with van der Waals surface area (Å²) >= 11 is 0. The van der Waals surface area contributed by atoms with Gasteiger partial charge < -0.3 is 30.6 Å².